The van der Waals surface area contributed by atoms with Gasteiger partial charge in [0.15, 0.2) is 0 Å². The lowest BCUT2D eigenvalue weighted by atomic mass is 9.87. The van der Waals surface area contributed by atoms with Crippen LogP contribution in [0.1, 0.15) is 26.3 Å². The van der Waals surface area contributed by atoms with Gasteiger partial charge in [-0.3, -0.25) is 0 Å². The molecular weight excluding hydrogens is 238 g/mol. The van der Waals surface area contributed by atoms with Gasteiger partial charge in [0.05, 0.1) is 5.45 Å². The van der Waals surface area contributed by atoms with Crippen molar-refractivity contribution in [1.29, 1.82) is 0 Å². The van der Waals surface area contributed by atoms with Gasteiger partial charge in [0.2, 0.25) is 0 Å². The minimum atomic E-state index is 0.242. The molecule has 0 spiro atoms. The summed E-state index contributed by atoms with van der Waals surface area (Å²) in [6.45, 7) is 6.70. The molecule has 0 unspecified atom stereocenters. The molecular formula is C12H18BrN. The van der Waals surface area contributed by atoms with Gasteiger partial charge in [-0.05, 0) is 23.1 Å². The van der Waals surface area contributed by atoms with Gasteiger partial charge in [-0.2, -0.15) is 0 Å². The van der Waals surface area contributed by atoms with Gasteiger partial charge in [-0.25, -0.2) is 0 Å². The van der Waals surface area contributed by atoms with Crippen molar-refractivity contribution < 1.29 is 0 Å². The van der Waals surface area contributed by atoms with Gasteiger partial charge in [-0.1, -0.05) is 48.8 Å². The highest BCUT2D eigenvalue weighted by Gasteiger charge is 2.12. The molecule has 0 saturated heterocycles. The Morgan fingerprint density at radius 2 is 1.64 bits per heavy atom. The molecule has 0 aliphatic carbocycles. The Morgan fingerprint density at radius 1 is 1.14 bits per heavy atom. The van der Waals surface area contributed by atoms with E-state index in [1.807, 2.05) is 0 Å². The SMILES string of the molecule is CN(CBr)c1ccc(C(C)(C)C)cc1. The topological polar surface area (TPSA) is 3.24 Å². The molecule has 0 amide bonds. The van der Waals surface area contributed by atoms with Crippen molar-refractivity contribution in [2.75, 3.05) is 17.4 Å². The molecule has 0 bridgehead atoms. The summed E-state index contributed by atoms with van der Waals surface area (Å²) in [5, 5.41) is 0. The number of hydrogen-bond donors (Lipinski definition) is 0. The highest BCUT2D eigenvalue weighted by Crippen LogP contribution is 2.24. The first-order valence-electron chi connectivity index (χ1n) is 4.83. The molecule has 0 aliphatic heterocycles. The molecule has 0 heterocycles. The van der Waals surface area contributed by atoms with Crippen LogP contribution in [0.4, 0.5) is 5.69 Å². The third kappa shape index (κ3) is 2.74. The Bertz CT molecular complexity index is 284. The Kier molecular flexibility index (Phi) is 3.59. The smallest absolute Gasteiger partial charge is 0.0732 e. The molecule has 0 fully saturated rings. The van der Waals surface area contributed by atoms with E-state index in [0.717, 1.165) is 5.45 Å². The predicted octanol–water partition coefficient (Wildman–Crippen LogP) is 3.77. The second kappa shape index (κ2) is 4.35. The number of hydrogen-bond acceptors (Lipinski definition) is 1. The molecule has 1 aromatic carbocycles. The van der Waals surface area contributed by atoms with Crippen LogP contribution in [0.25, 0.3) is 0 Å². The third-order valence-corrected chi connectivity index (χ3v) is 3.11. The van der Waals surface area contributed by atoms with Crippen molar-refractivity contribution in [2.45, 2.75) is 26.2 Å². The van der Waals surface area contributed by atoms with Crippen LogP contribution >= 0.6 is 15.9 Å². The number of benzene rings is 1. The lowest BCUT2D eigenvalue weighted by Crippen LogP contribution is -2.15. The maximum Gasteiger partial charge on any atom is 0.0732 e. The number of anilines is 1. The first kappa shape index (κ1) is 11.6. The average molecular weight is 256 g/mol. The quantitative estimate of drug-likeness (QED) is 0.575. The average Bonchev–Trinajstić information content (AvgIpc) is 2.15. The zero-order valence-electron chi connectivity index (χ0n) is 9.34. The monoisotopic (exact) mass is 255 g/mol. The molecule has 0 aliphatic rings. The summed E-state index contributed by atoms with van der Waals surface area (Å²) in [5.41, 5.74) is 3.73. The van der Waals surface area contributed by atoms with Gasteiger partial charge in [-0.15, -0.1) is 0 Å². The molecule has 1 nitrogen and oxygen atoms in total. The summed E-state index contributed by atoms with van der Waals surface area (Å²) in [7, 11) is 2.07. The zero-order valence-corrected chi connectivity index (χ0v) is 10.9. The van der Waals surface area contributed by atoms with Crippen molar-refractivity contribution in [1.82, 2.24) is 0 Å². The van der Waals surface area contributed by atoms with Crippen LogP contribution in [0.5, 0.6) is 0 Å². The van der Waals surface area contributed by atoms with E-state index in [-0.39, 0.29) is 5.41 Å². The van der Waals surface area contributed by atoms with Gasteiger partial charge in [0.1, 0.15) is 0 Å². The maximum atomic E-state index is 3.44. The molecule has 2 heteroatoms. The van der Waals surface area contributed by atoms with E-state index < -0.39 is 0 Å². The van der Waals surface area contributed by atoms with E-state index in [1.54, 1.807) is 0 Å². The van der Waals surface area contributed by atoms with Crippen LogP contribution in [0.15, 0.2) is 24.3 Å². The maximum absolute atomic E-state index is 3.44. The summed E-state index contributed by atoms with van der Waals surface area (Å²) in [6, 6.07) is 8.74. The van der Waals surface area contributed by atoms with Crippen molar-refractivity contribution in [2.24, 2.45) is 0 Å². The Hall–Kier alpha value is -0.500. The summed E-state index contributed by atoms with van der Waals surface area (Å²) < 4.78 is 0. The van der Waals surface area contributed by atoms with Crippen molar-refractivity contribution in [3.8, 4) is 0 Å². The van der Waals surface area contributed by atoms with Crippen LogP contribution in [0.3, 0.4) is 0 Å². The van der Waals surface area contributed by atoms with Crippen LogP contribution < -0.4 is 4.90 Å². The molecule has 1 rings (SSSR count). The Labute approximate surface area is 95.2 Å². The summed E-state index contributed by atoms with van der Waals surface area (Å²) >= 11 is 3.44. The van der Waals surface area contributed by atoms with Gasteiger partial charge < -0.3 is 4.90 Å². The summed E-state index contributed by atoms with van der Waals surface area (Å²) in [6.07, 6.45) is 0. The van der Waals surface area contributed by atoms with E-state index >= 15 is 0 Å². The zero-order chi connectivity index (χ0) is 10.8. The van der Waals surface area contributed by atoms with E-state index in [9.17, 15) is 0 Å². The molecule has 0 N–H and O–H groups in total. The van der Waals surface area contributed by atoms with Crippen molar-refractivity contribution >= 4 is 21.6 Å². The lowest BCUT2D eigenvalue weighted by Gasteiger charge is -2.21. The summed E-state index contributed by atoms with van der Waals surface area (Å²) in [4.78, 5) is 2.16. The predicted molar refractivity (Wildman–Crippen MR) is 67.3 cm³/mol. The molecule has 78 valence electrons. The van der Waals surface area contributed by atoms with Crippen molar-refractivity contribution in [3.05, 3.63) is 29.8 Å². The molecule has 0 atom stereocenters. The number of rotatable bonds is 2. The molecule has 1 aromatic rings. The number of halogens is 1. The highest BCUT2D eigenvalue weighted by molar-refractivity contribution is 9.09. The Balaban J connectivity index is 2.89. The lowest BCUT2D eigenvalue weighted by molar-refractivity contribution is 0.590. The Morgan fingerprint density at radius 3 is 2.00 bits per heavy atom. The van der Waals surface area contributed by atoms with E-state index in [2.05, 4.69) is 72.9 Å². The van der Waals surface area contributed by atoms with Gasteiger partial charge in [0.25, 0.3) is 0 Å². The highest BCUT2D eigenvalue weighted by atomic mass is 79.9. The normalized spacial score (nSPS) is 11.5. The van der Waals surface area contributed by atoms with Gasteiger partial charge >= 0.3 is 0 Å². The number of alkyl halides is 1. The van der Waals surface area contributed by atoms with E-state index in [0.29, 0.717) is 0 Å². The minimum Gasteiger partial charge on any atom is -0.365 e. The van der Waals surface area contributed by atoms with E-state index in [4.69, 9.17) is 0 Å². The molecule has 14 heavy (non-hydrogen) atoms. The fraction of sp³-hybridized carbons (Fsp3) is 0.500. The standard InChI is InChI=1S/C12H18BrN/c1-12(2,3)10-5-7-11(8-6-10)14(4)9-13/h5-8H,9H2,1-4H3. The first-order chi connectivity index (χ1) is 6.45. The largest absolute Gasteiger partial charge is 0.365 e. The second-order valence-electron chi connectivity index (χ2n) is 4.61. The number of nitrogens with zero attached hydrogens (tertiary/aromatic N) is 1. The second-order valence-corrected chi connectivity index (χ2v) is 5.12. The summed E-state index contributed by atoms with van der Waals surface area (Å²) in [5.74, 6) is 0. The fourth-order valence-electron chi connectivity index (χ4n) is 1.28. The van der Waals surface area contributed by atoms with Crippen molar-refractivity contribution in [3.63, 3.8) is 0 Å². The van der Waals surface area contributed by atoms with Crippen LogP contribution in [0, 0.1) is 0 Å². The fourth-order valence-corrected chi connectivity index (χ4v) is 1.57. The molecule has 0 radical (unpaired) electrons. The molecule has 0 aromatic heterocycles. The van der Waals surface area contributed by atoms with Crippen LogP contribution in [-0.4, -0.2) is 12.5 Å². The van der Waals surface area contributed by atoms with Gasteiger partial charge in [0, 0.05) is 12.7 Å². The first-order valence-corrected chi connectivity index (χ1v) is 5.95. The minimum absolute atomic E-state index is 0.242. The van der Waals surface area contributed by atoms with E-state index in [1.165, 1.54) is 11.3 Å². The molecule has 0 saturated carbocycles. The van der Waals surface area contributed by atoms with Crippen LogP contribution in [0.2, 0.25) is 0 Å². The van der Waals surface area contributed by atoms with Crippen LogP contribution in [-0.2, 0) is 5.41 Å². The third-order valence-electron chi connectivity index (χ3n) is 2.35.